The zero-order valence-electron chi connectivity index (χ0n) is 11.9. The highest BCUT2D eigenvalue weighted by Gasteiger charge is 2.32. The number of carbonyl (C=O) groups excluding carboxylic acids is 1. The molecule has 1 aromatic rings. The van der Waals surface area contributed by atoms with Gasteiger partial charge < -0.3 is 10.0 Å². The first-order chi connectivity index (χ1) is 9.47. The van der Waals surface area contributed by atoms with Crippen LogP contribution in [0.25, 0.3) is 0 Å². The maximum absolute atomic E-state index is 13.6. The average molecular weight is 280 g/mol. The molecule has 2 rings (SSSR count). The minimum atomic E-state index is -0.485. The fourth-order valence-electron chi connectivity index (χ4n) is 2.72. The second-order valence-electron chi connectivity index (χ2n) is 5.64. The van der Waals surface area contributed by atoms with Crippen molar-refractivity contribution in [3.8, 4) is 0 Å². The van der Waals surface area contributed by atoms with E-state index in [4.69, 9.17) is 0 Å². The number of likely N-dealkylation sites (N-methyl/N-ethyl adjacent to an activating group) is 1. The highest BCUT2D eigenvalue weighted by atomic mass is 19.1. The monoisotopic (exact) mass is 280 g/mol. The Morgan fingerprint density at radius 3 is 2.80 bits per heavy atom. The lowest BCUT2D eigenvalue weighted by Gasteiger charge is -2.26. The van der Waals surface area contributed by atoms with E-state index in [2.05, 4.69) is 0 Å². The predicted molar refractivity (Wildman–Crippen MR) is 75.3 cm³/mol. The van der Waals surface area contributed by atoms with E-state index in [9.17, 15) is 14.3 Å². The first-order valence-electron chi connectivity index (χ1n) is 6.82. The van der Waals surface area contributed by atoms with Crippen molar-refractivity contribution in [1.82, 2.24) is 9.80 Å². The molecule has 5 heteroatoms. The van der Waals surface area contributed by atoms with Crippen LogP contribution in [-0.4, -0.2) is 66.6 Å². The van der Waals surface area contributed by atoms with E-state index in [0.717, 1.165) is 6.54 Å². The second kappa shape index (κ2) is 6.43. The first kappa shape index (κ1) is 15.1. The molecule has 0 bridgehead atoms. The summed E-state index contributed by atoms with van der Waals surface area (Å²) in [4.78, 5) is 16.2. The van der Waals surface area contributed by atoms with Crippen LogP contribution in [-0.2, 0) is 0 Å². The molecule has 0 aliphatic carbocycles. The molecule has 2 unspecified atom stereocenters. The Bertz CT molecular complexity index is 479. The summed E-state index contributed by atoms with van der Waals surface area (Å²) in [6.07, 6.45) is 0.247. The zero-order valence-corrected chi connectivity index (χ0v) is 11.9. The Kier molecular flexibility index (Phi) is 4.86. The van der Waals surface area contributed by atoms with Gasteiger partial charge in [0, 0.05) is 19.1 Å². The number of aliphatic hydroxyl groups is 1. The standard InChI is InChI=1S/C15H21FN2O2/c1-17(2)8-11-7-12(19)9-18(11)10-15(20)13-5-3-4-6-14(13)16/h3-6,11-12,19H,7-10H2,1-2H3. The van der Waals surface area contributed by atoms with Gasteiger partial charge in [-0.15, -0.1) is 0 Å². The van der Waals surface area contributed by atoms with Gasteiger partial charge in [0.1, 0.15) is 5.82 Å². The van der Waals surface area contributed by atoms with Crippen LogP contribution in [0, 0.1) is 5.82 Å². The lowest BCUT2D eigenvalue weighted by Crippen LogP contribution is -2.40. The molecule has 0 spiro atoms. The van der Waals surface area contributed by atoms with Gasteiger partial charge in [-0.1, -0.05) is 12.1 Å². The third-order valence-electron chi connectivity index (χ3n) is 3.60. The van der Waals surface area contributed by atoms with E-state index >= 15 is 0 Å². The molecule has 20 heavy (non-hydrogen) atoms. The molecule has 2 atom stereocenters. The molecule has 110 valence electrons. The van der Waals surface area contributed by atoms with Gasteiger partial charge >= 0.3 is 0 Å². The number of likely N-dealkylation sites (tertiary alicyclic amines) is 1. The van der Waals surface area contributed by atoms with Gasteiger partial charge in [-0.3, -0.25) is 9.69 Å². The first-order valence-corrected chi connectivity index (χ1v) is 6.82. The summed E-state index contributed by atoms with van der Waals surface area (Å²) in [7, 11) is 3.92. The van der Waals surface area contributed by atoms with E-state index in [1.165, 1.54) is 12.1 Å². The van der Waals surface area contributed by atoms with Crippen LogP contribution in [0.3, 0.4) is 0 Å². The molecule has 1 heterocycles. The van der Waals surface area contributed by atoms with Gasteiger partial charge in [-0.25, -0.2) is 4.39 Å². The van der Waals surface area contributed by atoms with Crippen LogP contribution in [0.15, 0.2) is 24.3 Å². The van der Waals surface area contributed by atoms with Crippen LogP contribution < -0.4 is 0 Å². The van der Waals surface area contributed by atoms with Crippen molar-refractivity contribution in [2.24, 2.45) is 0 Å². The number of β-amino-alcohol motifs (C(OH)–C–C–N with tert-alkyl or cyclic N) is 1. The fraction of sp³-hybridized carbons (Fsp3) is 0.533. The number of carbonyl (C=O) groups is 1. The number of hydrogen-bond donors (Lipinski definition) is 1. The summed E-state index contributed by atoms with van der Waals surface area (Å²) in [6, 6.07) is 6.16. The molecule has 1 fully saturated rings. The Morgan fingerprint density at radius 2 is 2.15 bits per heavy atom. The van der Waals surface area contributed by atoms with Crippen molar-refractivity contribution in [3.05, 3.63) is 35.6 Å². The third-order valence-corrected chi connectivity index (χ3v) is 3.60. The van der Waals surface area contributed by atoms with Crippen LogP contribution in [0.2, 0.25) is 0 Å². The minimum Gasteiger partial charge on any atom is -0.392 e. The number of hydrogen-bond acceptors (Lipinski definition) is 4. The maximum Gasteiger partial charge on any atom is 0.179 e. The van der Waals surface area contributed by atoms with E-state index in [1.807, 2.05) is 23.9 Å². The molecule has 1 saturated heterocycles. The molecule has 1 N–H and O–H groups in total. The van der Waals surface area contributed by atoms with Gasteiger partial charge in [0.05, 0.1) is 18.2 Å². The van der Waals surface area contributed by atoms with E-state index in [-0.39, 0.29) is 23.9 Å². The van der Waals surface area contributed by atoms with Crippen molar-refractivity contribution >= 4 is 5.78 Å². The largest absolute Gasteiger partial charge is 0.392 e. The van der Waals surface area contributed by atoms with Crippen molar-refractivity contribution in [2.45, 2.75) is 18.6 Å². The molecule has 1 aromatic carbocycles. The van der Waals surface area contributed by atoms with E-state index < -0.39 is 11.9 Å². The Hall–Kier alpha value is -1.30. The van der Waals surface area contributed by atoms with Crippen molar-refractivity contribution in [1.29, 1.82) is 0 Å². The third kappa shape index (κ3) is 3.62. The van der Waals surface area contributed by atoms with E-state index in [0.29, 0.717) is 13.0 Å². The van der Waals surface area contributed by atoms with Gasteiger partial charge in [0.15, 0.2) is 5.78 Å². The molecular formula is C15H21FN2O2. The average Bonchev–Trinajstić information content (AvgIpc) is 2.68. The number of rotatable bonds is 5. The summed E-state index contributed by atoms with van der Waals surface area (Å²) < 4.78 is 13.6. The molecule has 0 amide bonds. The Labute approximate surface area is 118 Å². The van der Waals surface area contributed by atoms with Crippen LogP contribution in [0.4, 0.5) is 4.39 Å². The molecule has 1 aliphatic heterocycles. The van der Waals surface area contributed by atoms with Crippen LogP contribution in [0.5, 0.6) is 0 Å². The lowest BCUT2D eigenvalue weighted by molar-refractivity contribution is 0.0898. The quantitative estimate of drug-likeness (QED) is 0.817. The Balaban J connectivity index is 2.04. The summed E-state index contributed by atoms with van der Waals surface area (Å²) in [5.41, 5.74) is 0.123. The number of halogens is 1. The smallest absolute Gasteiger partial charge is 0.179 e. The molecule has 1 aliphatic rings. The topological polar surface area (TPSA) is 43.8 Å². The van der Waals surface area contributed by atoms with Crippen LogP contribution >= 0.6 is 0 Å². The number of Topliss-reactive ketones (excluding diaryl/α,β-unsaturated/α-hetero) is 1. The van der Waals surface area contributed by atoms with E-state index in [1.54, 1.807) is 12.1 Å². The molecular weight excluding hydrogens is 259 g/mol. The number of aliphatic hydroxyl groups excluding tert-OH is 1. The Morgan fingerprint density at radius 1 is 1.45 bits per heavy atom. The maximum atomic E-state index is 13.6. The van der Waals surface area contributed by atoms with Gasteiger partial charge in [0.2, 0.25) is 0 Å². The van der Waals surface area contributed by atoms with Crippen molar-refractivity contribution in [2.75, 3.05) is 33.7 Å². The normalized spacial score (nSPS) is 23.4. The highest BCUT2D eigenvalue weighted by molar-refractivity contribution is 5.97. The molecule has 4 nitrogen and oxygen atoms in total. The summed E-state index contributed by atoms with van der Waals surface area (Å²) in [5.74, 6) is -0.720. The number of nitrogens with zero attached hydrogens (tertiary/aromatic N) is 2. The van der Waals surface area contributed by atoms with Crippen LogP contribution in [0.1, 0.15) is 16.8 Å². The van der Waals surface area contributed by atoms with Gasteiger partial charge in [-0.05, 0) is 32.6 Å². The number of benzene rings is 1. The summed E-state index contributed by atoms with van der Waals surface area (Å²) >= 11 is 0. The zero-order chi connectivity index (χ0) is 14.7. The SMILES string of the molecule is CN(C)CC1CC(O)CN1CC(=O)c1ccccc1F. The fourth-order valence-corrected chi connectivity index (χ4v) is 2.72. The predicted octanol–water partition coefficient (Wildman–Crippen LogP) is 1.01. The summed E-state index contributed by atoms with van der Waals surface area (Å²) in [5, 5.41) is 9.78. The molecule has 0 saturated carbocycles. The van der Waals surface area contributed by atoms with Crippen molar-refractivity contribution in [3.63, 3.8) is 0 Å². The highest BCUT2D eigenvalue weighted by Crippen LogP contribution is 2.19. The molecule has 0 radical (unpaired) electrons. The van der Waals surface area contributed by atoms with Gasteiger partial charge in [0.25, 0.3) is 0 Å². The lowest BCUT2D eigenvalue weighted by atomic mass is 10.1. The van der Waals surface area contributed by atoms with Crippen molar-refractivity contribution < 1.29 is 14.3 Å². The van der Waals surface area contributed by atoms with Gasteiger partial charge in [-0.2, -0.15) is 0 Å². The molecule has 0 aromatic heterocycles. The summed E-state index contributed by atoms with van der Waals surface area (Å²) in [6.45, 7) is 1.40. The number of ketones is 1. The second-order valence-corrected chi connectivity index (χ2v) is 5.64. The minimum absolute atomic E-state index is 0.123.